The van der Waals surface area contributed by atoms with Crippen molar-refractivity contribution in [2.45, 2.75) is 25.5 Å². The summed E-state index contributed by atoms with van der Waals surface area (Å²) < 4.78 is 5.84. The first-order valence-corrected chi connectivity index (χ1v) is 5.21. The lowest BCUT2D eigenvalue weighted by Gasteiger charge is -2.26. The van der Waals surface area contributed by atoms with Crippen LogP contribution in [0.1, 0.15) is 30.1 Å². The number of nitrogens with one attached hydrogen (secondary N) is 1. The highest BCUT2D eigenvalue weighted by molar-refractivity contribution is 5.85. The molecule has 1 N–H and O–H groups in total. The highest BCUT2D eigenvalue weighted by Gasteiger charge is 2.29. The molecular weight excluding hydrogens is 226 g/mol. The van der Waals surface area contributed by atoms with Gasteiger partial charge in [-0.3, -0.25) is 10.1 Å². The lowest BCUT2D eigenvalue weighted by Crippen LogP contribution is -2.42. The topological polar surface area (TPSA) is 38.3 Å². The summed E-state index contributed by atoms with van der Waals surface area (Å²) in [4.78, 5) is 10.5. The van der Waals surface area contributed by atoms with Crippen LogP contribution in [0.5, 0.6) is 5.75 Å². The van der Waals surface area contributed by atoms with Crippen LogP contribution in [0.25, 0.3) is 0 Å². The minimum Gasteiger partial charge on any atom is -0.473 e. The summed E-state index contributed by atoms with van der Waals surface area (Å²) in [7, 11) is 0. The van der Waals surface area contributed by atoms with Crippen LogP contribution in [0.15, 0.2) is 24.3 Å². The number of rotatable bonds is 3. The van der Waals surface area contributed by atoms with E-state index in [9.17, 15) is 4.79 Å². The Morgan fingerprint density at radius 2 is 2.06 bits per heavy atom. The number of ether oxygens (including phenoxy) is 1. The van der Waals surface area contributed by atoms with Crippen LogP contribution in [-0.4, -0.2) is 18.6 Å². The highest BCUT2D eigenvalue weighted by Crippen LogP contribution is 2.23. The Bertz CT molecular complexity index is 345. The Hall–Kier alpha value is -1.06. The van der Waals surface area contributed by atoms with Crippen molar-refractivity contribution in [3.05, 3.63) is 29.8 Å². The number of hydrogen-bond donors (Lipinski definition) is 1. The van der Waals surface area contributed by atoms with Crippen LogP contribution < -0.4 is 10.1 Å². The number of carbonyl (C=O) groups excluding carboxylic acids is 1. The summed E-state index contributed by atoms with van der Waals surface area (Å²) in [6.45, 7) is 3.05. The van der Waals surface area contributed by atoms with E-state index in [1.807, 2.05) is 19.1 Å². The predicted octanol–water partition coefficient (Wildman–Crippen LogP) is 2.40. The minimum atomic E-state index is -0.247. The first-order valence-electron chi connectivity index (χ1n) is 5.21. The van der Waals surface area contributed by atoms with Crippen molar-refractivity contribution in [3.8, 4) is 5.75 Å². The normalized spacial score (nSPS) is 23.6. The predicted molar refractivity (Wildman–Crippen MR) is 65.3 cm³/mol. The van der Waals surface area contributed by atoms with Crippen molar-refractivity contribution in [2.24, 2.45) is 0 Å². The molecule has 0 saturated carbocycles. The van der Waals surface area contributed by atoms with Gasteiger partial charge in [-0.25, -0.2) is 0 Å². The number of benzene rings is 1. The SMILES string of the molecule is C[C@]1(Oc2ccc(C=O)cc2)CCCN1.Cl. The van der Waals surface area contributed by atoms with Crippen molar-refractivity contribution in [1.29, 1.82) is 0 Å². The van der Waals surface area contributed by atoms with Gasteiger partial charge in [0.05, 0.1) is 0 Å². The molecule has 0 amide bonds. The summed E-state index contributed by atoms with van der Waals surface area (Å²) in [5.41, 5.74) is 0.426. The maximum absolute atomic E-state index is 10.5. The van der Waals surface area contributed by atoms with E-state index in [1.54, 1.807) is 12.1 Å². The summed E-state index contributed by atoms with van der Waals surface area (Å²) in [5, 5.41) is 3.32. The molecule has 0 spiro atoms. The van der Waals surface area contributed by atoms with Gasteiger partial charge in [0.25, 0.3) is 0 Å². The third kappa shape index (κ3) is 2.97. The largest absolute Gasteiger partial charge is 0.473 e. The van der Waals surface area contributed by atoms with Gasteiger partial charge in [-0.15, -0.1) is 12.4 Å². The van der Waals surface area contributed by atoms with E-state index in [1.165, 1.54) is 0 Å². The third-order valence-electron chi connectivity index (χ3n) is 2.69. The molecule has 1 saturated heterocycles. The molecule has 88 valence electrons. The molecule has 1 aromatic rings. The molecule has 3 nitrogen and oxygen atoms in total. The van der Waals surface area contributed by atoms with Gasteiger partial charge >= 0.3 is 0 Å². The number of hydrogen-bond acceptors (Lipinski definition) is 3. The fraction of sp³-hybridized carbons (Fsp3) is 0.417. The summed E-state index contributed by atoms with van der Waals surface area (Å²) in [6, 6.07) is 7.19. The molecule has 16 heavy (non-hydrogen) atoms. The number of carbonyl (C=O) groups is 1. The second-order valence-corrected chi connectivity index (χ2v) is 4.05. The molecule has 4 heteroatoms. The van der Waals surface area contributed by atoms with Crippen LogP contribution in [0, 0.1) is 0 Å². The molecule has 1 aliphatic rings. The molecule has 1 heterocycles. The molecule has 1 aliphatic heterocycles. The van der Waals surface area contributed by atoms with Gasteiger partial charge in [0.2, 0.25) is 0 Å². The van der Waals surface area contributed by atoms with Gasteiger partial charge in [-0.2, -0.15) is 0 Å². The molecule has 0 aromatic heterocycles. The van der Waals surface area contributed by atoms with Crippen molar-refractivity contribution < 1.29 is 9.53 Å². The number of aldehydes is 1. The van der Waals surface area contributed by atoms with Crippen LogP contribution >= 0.6 is 12.4 Å². The zero-order valence-electron chi connectivity index (χ0n) is 9.23. The van der Waals surface area contributed by atoms with Crippen molar-refractivity contribution in [3.63, 3.8) is 0 Å². The average Bonchev–Trinajstić information content (AvgIpc) is 2.66. The van der Waals surface area contributed by atoms with Crippen LogP contribution in [0.3, 0.4) is 0 Å². The Kier molecular flexibility index (Phi) is 4.33. The monoisotopic (exact) mass is 241 g/mol. The van der Waals surface area contributed by atoms with Gasteiger partial charge in [-0.05, 0) is 44.2 Å². The zero-order valence-corrected chi connectivity index (χ0v) is 10.0. The van der Waals surface area contributed by atoms with Gasteiger partial charge in [0.15, 0.2) is 5.72 Å². The maximum atomic E-state index is 10.5. The maximum Gasteiger partial charge on any atom is 0.158 e. The van der Waals surface area contributed by atoms with Crippen molar-refractivity contribution in [2.75, 3.05) is 6.54 Å². The van der Waals surface area contributed by atoms with Gasteiger partial charge in [-0.1, -0.05) is 0 Å². The molecule has 2 rings (SSSR count). The molecular formula is C12H16ClNO2. The van der Waals surface area contributed by atoms with Gasteiger partial charge in [0.1, 0.15) is 12.0 Å². The summed E-state index contributed by atoms with van der Waals surface area (Å²) >= 11 is 0. The molecule has 0 unspecified atom stereocenters. The van der Waals surface area contributed by atoms with E-state index in [0.29, 0.717) is 5.56 Å². The molecule has 1 fully saturated rings. The van der Waals surface area contributed by atoms with Gasteiger partial charge < -0.3 is 4.74 Å². The average molecular weight is 242 g/mol. The lowest BCUT2D eigenvalue weighted by molar-refractivity contribution is 0.0733. The zero-order chi connectivity index (χ0) is 10.7. The van der Waals surface area contributed by atoms with Crippen LogP contribution in [0.2, 0.25) is 0 Å². The van der Waals surface area contributed by atoms with Gasteiger partial charge in [0, 0.05) is 12.0 Å². The second kappa shape index (κ2) is 5.32. The Balaban J connectivity index is 0.00000128. The van der Waals surface area contributed by atoms with E-state index in [0.717, 1.165) is 31.4 Å². The van der Waals surface area contributed by atoms with E-state index in [4.69, 9.17) is 4.74 Å². The Morgan fingerprint density at radius 3 is 2.56 bits per heavy atom. The first-order chi connectivity index (χ1) is 7.22. The van der Waals surface area contributed by atoms with E-state index >= 15 is 0 Å². The quantitative estimate of drug-likeness (QED) is 0.826. The van der Waals surface area contributed by atoms with Crippen LogP contribution in [-0.2, 0) is 0 Å². The Labute approximate surface area is 102 Å². The number of halogens is 1. The summed E-state index contributed by atoms with van der Waals surface area (Å²) in [5.74, 6) is 0.803. The molecule has 1 aromatic carbocycles. The molecule has 0 bridgehead atoms. The highest BCUT2D eigenvalue weighted by atomic mass is 35.5. The summed E-state index contributed by atoms with van der Waals surface area (Å²) in [6.07, 6.45) is 2.99. The van der Waals surface area contributed by atoms with E-state index < -0.39 is 0 Å². The molecule has 0 radical (unpaired) electrons. The first kappa shape index (κ1) is 13.0. The second-order valence-electron chi connectivity index (χ2n) is 4.05. The lowest BCUT2D eigenvalue weighted by atomic mass is 10.2. The fourth-order valence-electron chi connectivity index (χ4n) is 1.83. The molecule has 1 atom stereocenters. The molecule has 0 aliphatic carbocycles. The Morgan fingerprint density at radius 1 is 1.38 bits per heavy atom. The van der Waals surface area contributed by atoms with Crippen molar-refractivity contribution in [1.82, 2.24) is 5.32 Å². The third-order valence-corrected chi connectivity index (χ3v) is 2.69. The standard InChI is InChI=1S/C12H15NO2.ClH/c1-12(7-2-8-13-12)15-11-5-3-10(9-14)4-6-11;/h3-6,9,13H,2,7-8H2,1H3;1H/t12-;/m0./s1. The smallest absolute Gasteiger partial charge is 0.158 e. The minimum absolute atomic E-state index is 0. The van der Waals surface area contributed by atoms with E-state index in [2.05, 4.69) is 5.32 Å². The fourth-order valence-corrected chi connectivity index (χ4v) is 1.83. The van der Waals surface area contributed by atoms with Crippen LogP contribution in [0.4, 0.5) is 0 Å². The van der Waals surface area contributed by atoms with Crippen molar-refractivity contribution >= 4 is 18.7 Å². The van der Waals surface area contributed by atoms with E-state index in [-0.39, 0.29) is 18.1 Å².